The van der Waals surface area contributed by atoms with Crippen LogP contribution in [0.2, 0.25) is 10.0 Å². The van der Waals surface area contributed by atoms with E-state index >= 15 is 0 Å². The van der Waals surface area contributed by atoms with Crippen LogP contribution in [0.15, 0.2) is 69.9 Å². The molecular formula is C25H14Cl2FNO4. The fourth-order valence-electron chi connectivity index (χ4n) is 4.07. The number of carbonyl (C=O) groups is 2. The average molecular weight is 482 g/mol. The molecule has 164 valence electrons. The number of anilines is 1. The van der Waals surface area contributed by atoms with Gasteiger partial charge in [-0.3, -0.25) is 19.3 Å². The third-order valence-corrected chi connectivity index (χ3v) is 6.38. The molecule has 0 saturated heterocycles. The first-order chi connectivity index (χ1) is 15.8. The predicted octanol–water partition coefficient (Wildman–Crippen LogP) is 6.19. The van der Waals surface area contributed by atoms with E-state index in [4.69, 9.17) is 27.6 Å². The number of benzene rings is 3. The van der Waals surface area contributed by atoms with Crippen molar-refractivity contribution in [2.45, 2.75) is 13.0 Å². The number of rotatable bonds is 3. The number of carbonyl (C=O) groups excluding carboxylic acids is 2. The lowest BCUT2D eigenvalue weighted by Crippen LogP contribution is -2.29. The van der Waals surface area contributed by atoms with Crippen LogP contribution in [0.3, 0.4) is 0 Å². The quantitative estimate of drug-likeness (QED) is 0.327. The Balaban J connectivity index is 1.79. The van der Waals surface area contributed by atoms with Gasteiger partial charge in [0.05, 0.1) is 27.0 Å². The zero-order valence-corrected chi connectivity index (χ0v) is 18.6. The van der Waals surface area contributed by atoms with E-state index in [1.165, 1.54) is 17.9 Å². The van der Waals surface area contributed by atoms with Crippen molar-refractivity contribution in [3.05, 3.63) is 109 Å². The zero-order valence-electron chi connectivity index (χ0n) is 17.1. The van der Waals surface area contributed by atoms with Crippen molar-refractivity contribution >= 4 is 51.5 Å². The summed E-state index contributed by atoms with van der Waals surface area (Å²) >= 11 is 12.3. The normalized spacial score (nSPS) is 15.2. The number of Topliss-reactive ketones (excluding diaryl/α,β-unsaturated/α-hetero) is 1. The third kappa shape index (κ3) is 3.43. The molecule has 0 aliphatic carbocycles. The average Bonchev–Trinajstić information content (AvgIpc) is 3.09. The predicted molar refractivity (Wildman–Crippen MR) is 124 cm³/mol. The second-order valence-corrected chi connectivity index (χ2v) is 8.48. The Kier molecular flexibility index (Phi) is 5.07. The van der Waals surface area contributed by atoms with Crippen molar-refractivity contribution < 1.29 is 18.4 Å². The highest BCUT2D eigenvalue weighted by Crippen LogP contribution is 2.42. The molecular weight excluding hydrogens is 468 g/mol. The Hall–Kier alpha value is -3.48. The van der Waals surface area contributed by atoms with Crippen LogP contribution >= 0.6 is 23.2 Å². The first-order valence-electron chi connectivity index (χ1n) is 9.92. The second-order valence-electron chi connectivity index (χ2n) is 7.67. The number of nitrogens with zero attached hydrogens (tertiary/aromatic N) is 1. The van der Waals surface area contributed by atoms with Crippen LogP contribution in [0.25, 0.3) is 11.0 Å². The minimum atomic E-state index is -0.894. The van der Waals surface area contributed by atoms with Crippen LogP contribution in [-0.2, 0) is 0 Å². The maximum atomic E-state index is 13.9. The third-order valence-electron chi connectivity index (χ3n) is 5.64. The van der Waals surface area contributed by atoms with Crippen molar-refractivity contribution in [3.8, 4) is 0 Å². The standard InChI is InChI=1S/C25H14Cl2FNO4/c1-12(30)13-2-6-16(7-3-13)29-22(14-4-8-18(26)19(27)10-14)21-23(31)17-11-15(28)5-9-20(17)33-24(21)25(29)32/h2-11,22H,1H3. The van der Waals surface area contributed by atoms with Crippen LogP contribution < -0.4 is 10.3 Å². The van der Waals surface area contributed by atoms with Gasteiger partial charge in [0.1, 0.15) is 11.4 Å². The number of hydrogen-bond acceptors (Lipinski definition) is 4. The van der Waals surface area contributed by atoms with Gasteiger partial charge < -0.3 is 4.42 Å². The van der Waals surface area contributed by atoms with E-state index < -0.39 is 23.2 Å². The molecule has 0 fully saturated rings. The maximum absolute atomic E-state index is 13.9. The Bertz CT molecular complexity index is 1530. The Morgan fingerprint density at radius 3 is 2.36 bits per heavy atom. The van der Waals surface area contributed by atoms with Crippen molar-refractivity contribution in [1.29, 1.82) is 0 Å². The van der Waals surface area contributed by atoms with Gasteiger partial charge in [-0.1, -0.05) is 29.3 Å². The van der Waals surface area contributed by atoms with Gasteiger partial charge in [0, 0.05) is 11.3 Å². The van der Waals surface area contributed by atoms with Crippen molar-refractivity contribution in [3.63, 3.8) is 0 Å². The SMILES string of the molecule is CC(=O)c1ccc(N2C(=O)c3oc4ccc(F)cc4c(=O)c3C2c2ccc(Cl)c(Cl)c2)cc1. The molecule has 5 rings (SSSR count). The van der Waals surface area contributed by atoms with Gasteiger partial charge in [0.15, 0.2) is 11.2 Å². The summed E-state index contributed by atoms with van der Waals surface area (Å²) in [4.78, 5) is 40.1. The number of halogens is 3. The molecule has 33 heavy (non-hydrogen) atoms. The second kappa shape index (κ2) is 7.83. The van der Waals surface area contributed by atoms with Gasteiger partial charge in [-0.2, -0.15) is 0 Å². The maximum Gasteiger partial charge on any atom is 0.295 e. The van der Waals surface area contributed by atoms with Gasteiger partial charge in [0.25, 0.3) is 5.91 Å². The highest BCUT2D eigenvalue weighted by atomic mass is 35.5. The lowest BCUT2D eigenvalue weighted by molar-refractivity contribution is 0.0970. The summed E-state index contributed by atoms with van der Waals surface area (Å²) in [5, 5.41) is 0.591. The van der Waals surface area contributed by atoms with E-state index in [1.807, 2.05) is 0 Å². The molecule has 0 spiro atoms. The topological polar surface area (TPSA) is 67.6 Å². The number of hydrogen-bond donors (Lipinski definition) is 0. The van der Waals surface area contributed by atoms with Crippen LogP contribution in [0.4, 0.5) is 10.1 Å². The van der Waals surface area contributed by atoms with Crippen molar-refractivity contribution in [1.82, 2.24) is 0 Å². The zero-order chi connectivity index (χ0) is 23.4. The highest BCUT2D eigenvalue weighted by Gasteiger charge is 2.43. The number of amides is 1. The van der Waals surface area contributed by atoms with E-state index in [1.54, 1.807) is 42.5 Å². The van der Waals surface area contributed by atoms with Gasteiger partial charge in [0.2, 0.25) is 5.76 Å². The highest BCUT2D eigenvalue weighted by molar-refractivity contribution is 6.42. The molecule has 0 radical (unpaired) electrons. The van der Waals surface area contributed by atoms with Gasteiger partial charge in [-0.15, -0.1) is 0 Å². The summed E-state index contributed by atoms with van der Waals surface area (Å²) in [7, 11) is 0. The van der Waals surface area contributed by atoms with Gasteiger partial charge in [-0.05, 0) is 67.1 Å². The first kappa shape index (κ1) is 21.4. The Labute approximate surface area is 197 Å². The molecule has 1 aliphatic rings. The molecule has 8 heteroatoms. The Morgan fingerprint density at radius 1 is 0.970 bits per heavy atom. The van der Waals surface area contributed by atoms with Crippen LogP contribution in [0.5, 0.6) is 0 Å². The summed E-state index contributed by atoms with van der Waals surface area (Å²) in [6, 6.07) is 13.9. The molecule has 5 nitrogen and oxygen atoms in total. The molecule has 2 heterocycles. The van der Waals surface area contributed by atoms with E-state index in [9.17, 15) is 18.8 Å². The lowest BCUT2D eigenvalue weighted by atomic mass is 9.98. The summed E-state index contributed by atoms with van der Waals surface area (Å²) in [5.74, 6) is -1.39. The van der Waals surface area contributed by atoms with Crippen LogP contribution in [-0.4, -0.2) is 11.7 Å². The van der Waals surface area contributed by atoms with Gasteiger partial charge in [-0.25, -0.2) is 4.39 Å². The fourth-order valence-corrected chi connectivity index (χ4v) is 4.37. The molecule has 3 aromatic carbocycles. The summed E-state index contributed by atoms with van der Waals surface area (Å²) in [6.45, 7) is 1.44. The minimum Gasteiger partial charge on any atom is -0.450 e. The van der Waals surface area contributed by atoms with Crippen LogP contribution in [0, 0.1) is 5.82 Å². The molecule has 4 aromatic rings. The largest absolute Gasteiger partial charge is 0.450 e. The minimum absolute atomic E-state index is 0.0281. The molecule has 0 N–H and O–H groups in total. The van der Waals surface area contributed by atoms with Crippen molar-refractivity contribution in [2.24, 2.45) is 0 Å². The molecule has 1 aromatic heterocycles. The van der Waals surface area contributed by atoms with Crippen molar-refractivity contribution in [2.75, 3.05) is 4.90 Å². The Morgan fingerprint density at radius 2 is 1.70 bits per heavy atom. The number of fused-ring (bicyclic) bond motifs is 2. The van der Waals surface area contributed by atoms with Crippen LogP contribution in [0.1, 0.15) is 45.0 Å². The number of ketones is 1. The molecule has 1 atom stereocenters. The van der Waals surface area contributed by atoms with E-state index in [2.05, 4.69) is 0 Å². The monoisotopic (exact) mass is 481 g/mol. The molecule has 1 amide bonds. The van der Waals surface area contributed by atoms with E-state index in [-0.39, 0.29) is 33.1 Å². The van der Waals surface area contributed by atoms with E-state index in [0.717, 1.165) is 12.1 Å². The lowest BCUT2D eigenvalue weighted by Gasteiger charge is -2.25. The fraction of sp³-hybridized carbons (Fsp3) is 0.0800. The van der Waals surface area contributed by atoms with E-state index in [0.29, 0.717) is 21.8 Å². The molecule has 0 saturated carbocycles. The summed E-state index contributed by atoms with van der Waals surface area (Å²) < 4.78 is 19.7. The summed E-state index contributed by atoms with van der Waals surface area (Å²) in [5.41, 5.74) is 1.11. The van der Waals surface area contributed by atoms with Gasteiger partial charge >= 0.3 is 0 Å². The first-order valence-corrected chi connectivity index (χ1v) is 10.7. The molecule has 1 unspecified atom stereocenters. The smallest absolute Gasteiger partial charge is 0.295 e. The summed E-state index contributed by atoms with van der Waals surface area (Å²) in [6.07, 6.45) is 0. The molecule has 0 bridgehead atoms. The molecule has 1 aliphatic heterocycles.